The van der Waals surface area contributed by atoms with Crippen molar-refractivity contribution in [3.8, 4) is 5.69 Å². The van der Waals surface area contributed by atoms with Gasteiger partial charge in [-0.05, 0) is 43.5 Å². The van der Waals surface area contributed by atoms with Gasteiger partial charge < -0.3 is 5.32 Å². The van der Waals surface area contributed by atoms with E-state index in [1.165, 1.54) is 30.5 Å². The van der Waals surface area contributed by atoms with E-state index in [9.17, 15) is 13.2 Å². The van der Waals surface area contributed by atoms with Crippen molar-refractivity contribution in [2.45, 2.75) is 44.2 Å². The second-order valence-corrected chi connectivity index (χ2v) is 6.33. The summed E-state index contributed by atoms with van der Waals surface area (Å²) in [5, 5.41) is 8.08. The molecule has 1 aliphatic heterocycles. The van der Waals surface area contributed by atoms with Crippen molar-refractivity contribution in [1.29, 1.82) is 0 Å². The van der Waals surface area contributed by atoms with E-state index in [0.717, 1.165) is 49.5 Å². The zero-order valence-electron chi connectivity index (χ0n) is 12.7. The molecule has 1 aliphatic carbocycles. The quantitative estimate of drug-likeness (QED) is 0.881. The number of halogens is 3. The number of benzene rings is 1. The van der Waals surface area contributed by atoms with Gasteiger partial charge >= 0.3 is 6.18 Å². The van der Waals surface area contributed by atoms with E-state index in [2.05, 4.69) is 5.32 Å². The van der Waals surface area contributed by atoms with Crippen LogP contribution < -0.4 is 5.32 Å². The molecule has 1 fully saturated rings. The Morgan fingerprint density at radius 3 is 2.43 bits per heavy atom. The first kappa shape index (κ1) is 14.6. The van der Waals surface area contributed by atoms with Gasteiger partial charge in [-0.2, -0.15) is 18.3 Å². The lowest BCUT2D eigenvalue weighted by Gasteiger charge is -2.10. The molecule has 2 aromatic rings. The summed E-state index contributed by atoms with van der Waals surface area (Å²) in [4.78, 5) is 0. The van der Waals surface area contributed by atoms with E-state index in [1.54, 1.807) is 4.68 Å². The van der Waals surface area contributed by atoms with E-state index in [0.29, 0.717) is 11.6 Å². The van der Waals surface area contributed by atoms with Gasteiger partial charge in [0.25, 0.3) is 0 Å². The molecule has 0 saturated heterocycles. The maximum absolute atomic E-state index is 12.7. The van der Waals surface area contributed by atoms with E-state index >= 15 is 0 Å². The second-order valence-electron chi connectivity index (χ2n) is 6.33. The first-order valence-electron chi connectivity index (χ1n) is 8.07. The molecule has 1 aromatic heterocycles. The lowest BCUT2D eigenvalue weighted by atomic mass is 9.99. The first-order chi connectivity index (χ1) is 11.0. The average Bonchev–Trinajstić information content (AvgIpc) is 3.23. The Morgan fingerprint density at radius 1 is 1.09 bits per heavy atom. The van der Waals surface area contributed by atoms with Gasteiger partial charge in [0, 0.05) is 18.0 Å². The van der Waals surface area contributed by atoms with Gasteiger partial charge in [-0.25, -0.2) is 4.68 Å². The fourth-order valence-corrected chi connectivity index (χ4v) is 3.71. The van der Waals surface area contributed by atoms with Crippen LogP contribution in [0.2, 0.25) is 0 Å². The van der Waals surface area contributed by atoms with Crippen molar-refractivity contribution in [2.75, 3.05) is 11.9 Å². The molecular formula is C17H18F3N3. The molecule has 0 radical (unpaired) electrons. The molecule has 23 heavy (non-hydrogen) atoms. The molecule has 2 aliphatic rings. The summed E-state index contributed by atoms with van der Waals surface area (Å²) >= 11 is 0. The Bertz CT molecular complexity index is 710. The molecule has 0 bridgehead atoms. The Kier molecular flexibility index (Phi) is 3.36. The molecule has 122 valence electrons. The lowest BCUT2D eigenvalue weighted by molar-refractivity contribution is -0.137. The molecule has 1 saturated carbocycles. The third-order valence-corrected chi connectivity index (χ3v) is 4.86. The molecule has 0 spiro atoms. The summed E-state index contributed by atoms with van der Waals surface area (Å²) in [6.45, 7) is 0.869. The predicted molar refractivity (Wildman–Crippen MR) is 82.0 cm³/mol. The molecule has 2 heterocycles. The summed E-state index contributed by atoms with van der Waals surface area (Å²) in [7, 11) is 0. The van der Waals surface area contributed by atoms with Crippen LogP contribution in [0.1, 0.15) is 48.4 Å². The number of hydrogen-bond donors (Lipinski definition) is 1. The zero-order chi connectivity index (χ0) is 16.0. The molecule has 3 nitrogen and oxygen atoms in total. The third kappa shape index (κ3) is 2.50. The van der Waals surface area contributed by atoms with Gasteiger partial charge in [0.05, 0.1) is 16.9 Å². The van der Waals surface area contributed by atoms with Crippen LogP contribution >= 0.6 is 0 Å². The highest BCUT2D eigenvalue weighted by Gasteiger charge is 2.31. The van der Waals surface area contributed by atoms with Crippen LogP contribution in [-0.4, -0.2) is 16.3 Å². The van der Waals surface area contributed by atoms with Crippen LogP contribution in [-0.2, 0) is 12.6 Å². The summed E-state index contributed by atoms with van der Waals surface area (Å²) in [5.41, 5.74) is 2.43. The van der Waals surface area contributed by atoms with E-state index in [4.69, 9.17) is 5.10 Å². The highest BCUT2D eigenvalue weighted by Crippen LogP contribution is 2.40. The lowest BCUT2D eigenvalue weighted by Crippen LogP contribution is -2.08. The molecule has 1 N–H and O–H groups in total. The van der Waals surface area contributed by atoms with Gasteiger partial charge in [0.1, 0.15) is 5.82 Å². The van der Waals surface area contributed by atoms with Crippen LogP contribution in [0.15, 0.2) is 24.3 Å². The smallest absolute Gasteiger partial charge is 0.369 e. The van der Waals surface area contributed by atoms with Gasteiger partial charge in [-0.15, -0.1) is 0 Å². The molecule has 1 aromatic carbocycles. The largest absolute Gasteiger partial charge is 0.416 e. The van der Waals surface area contributed by atoms with E-state index in [-0.39, 0.29) is 0 Å². The predicted octanol–water partition coefficient (Wildman–Crippen LogP) is 4.52. The highest BCUT2D eigenvalue weighted by molar-refractivity contribution is 5.58. The van der Waals surface area contributed by atoms with Crippen LogP contribution in [0.4, 0.5) is 19.0 Å². The Morgan fingerprint density at radius 2 is 1.78 bits per heavy atom. The zero-order valence-corrected chi connectivity index (χ0v) is 12.7. The van der Waals surface area contributed by atoms with Crippen molar-refractivity contribution in [1.82, 2.24) is 9.78 Å². The van der Waals surface area contributed by atoms with Crippen LogP contribution in [0.3, 0.4) is 0 Å². The summed E-state index contributed by atoms with van der Waals surface area (Å²) < 4.78 is 39.9. The Balaban J connectivity index is 1.73. The standard InChI is InChI=1S/C17H18F3N3/c18-17(19,20)12-5-7-13(8-6-12)23-16-14(9-10-21-16)15(22-23)11-3-1-2-4-11/h5-8,11,21H,1-4,9-10H2. The van der Waals surface area contributed by atoms with E-state index < -0.39 is 11.7 Å². The molecule has 0 atom stereocenters. The van der Waals surface area contributed by atoms with Gasteiger partial charge in [-0.3, -0.25) is 0 Å². The number of aromatic nitrogens is 2. The summed E-state index contributed by atoms with van der Waals surface area (Å²) in [5.74, 6) is 1.45. The average molecular weight is 321 g/mol. The maximum atomic E-state index is 12.7. The fraction of sp³-hybridized carbons (Fsp3) is 0.471. The maximum Gasteiger partial charge on any atom is 0.416 e. The van der Waals surface area contributed by atoms with Crippen molar-refractivity contribution in [3.63, 3.8) is 0 Å². The van der Waals surface area contributed by atoms with Gasteiger partial charge in [0.15, 0.2) is 0 Å². The van der Waals surface area contributed by atoms with E-state index in [1.807, 2.05) is 0 Å². The monoisotopic (exact) mass is 321 g/mol. The number of nitrogens with zero attached hydrogens (tertiary/aromatic N) is 2. The number of rotatable bonds is 2. The summed E-state index contributed by atoms with van der Waals surface area (Å²) in [6, 6.07) is 5.23. The number of alkyl halides is 3. The Labute approximate surface area is 132 Å². The topological polar surface area (TPSA) is 29.9 Å². The SMILES string of the molecule is FC(F)(F)c1ccc(-n2nc(C3CCCC3)c3c2NCC3)cc1. The highest BCUT2D eigenvalue weighted by atomic mass is 19.4. The van der Waals surface area contributed by atoms with Gasteiger partial charge in [-0.1, -0.05) is 12.8 Å². The second kappa shape index (κ2) is 5.28. The number of nitrogens with one attached hydrogen (secondary N) is 1. The third-order valence-electron chi connectivity index (χ3n) is 4.86. The van der Waals surface area contributed by atoms with Crippen LogP contribution in [0, 0.1) is 0 Å². The number of anilines is 1. The Hall–Kier alpha value is -1.98. The van der Waals surface area contributed by atoms with Crippen LogP contribution in [0.25, 0.3) is 5.69 Å². The number of hydrogen-bond acceptors (Lipinski definition) is 2. The molecular weight excluding hydrogens is 303 g/mol. The van der Waals surface area contributed by atoms with Gasteiger partial charge in [0.2, 0.25) is 0 Å². The first-order valence-corrected chi connectivity index (χ1v) is 8.07. The van der Waals surface area contributed by atoms with Crippen molar-refractivity contribution in [3.05, 3.63) is 41.1 Å². The minimum absolute atomic E-state index is 0.499. The minimum atomic E-state index is -4.31. The van der Waals surface area contributed by atoms with Crippen molar-refractivity contribution >= 4 is 5.82 Å². The molecule has 0 amide bonds. The minimum Gasteiger partial charge on any atom is -0.369 e. The van der Waals surface area contributed by atoms with Crippen molar-refractivity contribution < 1.29 is 13.2 Å². The molecule has 0 unspecified atom stereocenters. The van der Waals surface area contributed by atoms with Crippen LogP contribution in [0.5, 0.6) is 0 Å². The molecule has 6 heteroatoms. The number of fused-ring (bicyclic) bond motifs is 1. The summed E-state index contributed by atoms with van der Waals surface area (Å²) in [6.07, 6.45) is 1.44. The fourth-order valence-electron chi connectivity index (χ4n) is 3.71. The van der Waals surface area contributed by atoms with Crippen molar-refractivity contribution in [2.24, 2.45) is 0 Å². The molecule has 4 rings (SSSR count). The normalized spacial score (nSPS) is 18.2.